The molecule has 0 saturated carbocycles. The summed E-state index contributed by atoms with van der Waals surface area (Å²) in [4.78, 5) is 13.0. The Labute approximate surface area is 178 Å². The molecular formula is C24H26N2O3S. The number of rotatable bonds is 6. The van der Waals surface area contributed by atoms with Crippen molar-refractivity contribution in [3.05, 3.63) is 89.0 Å². The molecule has 0 bridgehead atoms. The Morgan fingerprint density at radius 3 is 2.17 bits per heavy atom. The lowest BCUT2D eigenvalue weighted by molar-refractivity contribution is -0.114. The van der Waals surface area contributed by atoms with Gasteiger partial charge in [-0.25, -0.2) is 8.42 Å². The molecule has 0 atom stereocenters. The van der Waals surface area contributed by atoms with Gasteiger partial charge in [0.2, 0.25) is 5.91 Å². The minimum absolute atomic E-state index is 0.141. The van der Waals surface area contributed by atoms with E-state index in [9.17, 15) is 13.2 Å². The number of anilines is 2. The molecule has 156 valence electrons. The molecule has 0 spiro atoms. The standard InChI is InChI=1S/C24H26N2O3S/c1-17-10-11-19(3)23(14-17)25-24(27)16-26(21-13-12-18(2)20(4)15-21)30(28,29)22-8-6-5-7-9-22/h5-15H,16H2,1-4H3,(H,25,27). The highest BCUT2D eigenvalue weighted by Gasteiger charge is 2.27. The average molecular weight is 423 g/mol. The van der Waals surface area contributed by atoms with Crippen molar-refractivity contribution in [3.63, 3.8) is 0 Å². The van der Waals surface area contributed by atoms with E-state index in [1.807, 2.05) is 52.0 Å². The Morgan fingerprint density at radius 2 is 1.50 bits per heavy atom. The summed E-state index contributed by atoms with van der Waals surface area (Å²) in [5.41, 5.74) is 5.07. The van der Waals surface area contributed by atoms with E-state index in [2.05, 4.69) is 5.32 Å². The van der Waals surface area contributed by atoms with Crippen molar-refractivity contribution in [2.75, 3.05) is 16.2 Å². The van der Waals surface area contributed by atoms with E-state index in [1.54, 1.807) is 30.3 Å². The number of hydrogen-bond acceptors (Lipinski definition) is 3. The molecule has 30 heavy (non-hydrogen) atoms. The summed E-state index contributed by atoms with van der Waals surface area (Å²) in [5.74, 6) is -0.401. The van der Waals surface area contributed by atoms with Crippen molar-refractivity contribution in [3.8, 4) is 0 Å². The number of benzene rings is 3. The lowest BCUT2D eigenvalue weighted by atomic mass is 10.1. The highest BCUT2D eigenvalue weighted by atomic mass is 32.2. The van der Waals surface area contributed by atoms with Crippen LogP contribution in [-0.4, -0.2) is 20.9 Å². The van der Waals surface area contributed by atoms with Gasteiger partial charge < -0.3 is 5.32 Å². The summed E-state index contributed by atoms with van der Waals surface area (Å²) in [6.07, 6.45) is 0. The average Bonchev–Trinajstić information content (AvgIpc) is 2.71. The fourth-order valence-corrected chi connectivity index (χ4v) is 4.54. The van der Waals surface area contributed by atoms with Crippen LogP contribution in [0, 0.1) is 27.7 Å². The molecule has 0 unspecified atom stereocenters. The number of aryl methyl sites for hydroxylation is 4. The Bertz CT molecular complexity index is 1170. The van der Waals surface area contributed by atoms with Crippen LogP contribution in [0.4, 0.5) is 11.4 Å². The van der Waals surface area contributed by atoms with E-state index in [-0.39, 0.29) is 11.4 Å². The van der Waals surface area contributed by atoms with Crippen LogP contribution < -0.4 is 9.62 Å². The van der Waals surface area contributed by atoms with Crippen LogP contribution in [-0.2, 0) is 14.8 Å². The quantitative estimate of drug-likeness (QED) is 0.623. The number of sulfonamides is 1. The molecule has 1 N–H and O–H groups in total. The maximum atomic E-state index is 13.4. The van der Waals surface area contributed by atoms with Crippen molar-refractivity contribution >= 4 is 27.3 Å². The molecule has 0 fully saturated rings. The smallest absolute Gasteiger partial charge is 0.264 e. The number of nitrogens with one attached hydrogen (secondary N) is 1. The Kier molecular flexibility index (Phi) is 6.27. The monoisotopic (exact) mass is 422 g/mol. The largest absolute Gasteiger partial charge is 0.324 e. The number of nitrogens with zero attached hydrogens (tertiary/aromatic N) is 1. The topological polar surface area (TPSA) is 66.5 Å². The molecule has 3 aromatic rings. The highest BCUT2D eigenvalue weighted by molar-refractivity contribution is 7.92. The van der Waals surface area contributed by atoms with Gasteiger partial charge in [0.1, 0.15) is 6.54 Å². The molecule has 6 heteroatoms. The molecule has 0 heterocycles. The zero-order valence-corrected chi connectivity index (χ0v) is 18.5. The first-order chi connectivity index (χ1) is 14.2. The second kappa shape index (κ2) is 8.71. The van der Waals surface area contributed by atoms with Crippen LogP contribution in [0.15, 0.2) is 71.6 Å². The molecule has 0 saturated heterocycles. The van der Waals surface area contributed by atoms with Crippen molar-refractivity contribution in [2.24, 2.45) is 0 Å². The van der Waals surface area contributed by atoms with Crippen molar-refractivity contribution in [1.82, 2.24) is 0 Å². The SMILES string of the molecule is Cc1ccc(C)c(NC(=O)CN(c2ccc(C)c(C)c2)S(=O)(=O)c2ccccc2)c1. The van der Waals surface area contributed by atoms with Crippen LogP contribution in [0.2, 0.25) is 0 Å². The van der Waals surface area contributed by atoms with E-state index in [0.717, 1.165) is 26.6 Å². The number of amides is 1. The molecule has 1 amide bonds. The maximum Gasteiger partial charge on any atom is 0.264 e. The predicted octanol–water partition coefficient (Wildman–Crippen LogP) is 4.75. The van der Waals surface area contributed by atoms with Gasteiger partial charge in [0.25, 0.3) is 10.0 Å². The first-order valence-electron chi connectivity index (χ1n) is 9.70. The molecular weight excluding hydrogens is 396 g/mol. The van der Waals surface area contributed by atoms with Gasteiger partial charge >= 0.3 is 0 Å². The number of hydrogen-bond donors (Lipinski definition) is 1. The summed E-state index contributed by atoms with van der Waals surface area (Å²) in [6, 6.07) is 19.3. The van der Waals surface area contributed by atoms with Gasteiger partial charge in [-0.2, -0.15) is 0 Å². The molecule has 3 aromatic carbocycles. The fraction of sp³-hybridized carbons (Fsp3) is 0.208. The summed E-state index contributed by atoms with van der Waals surface area (Å²) in [7, 11) is -3.92. The Balaban J connectivity index is 1.98. The summed E-state index contributed by atoms with van der Waals surface area (Å²) in [5, 5.41) is 2.86. The molecule has 5 nitrogen and oxygen atoms in total. The van der Waals surface area contributed by atoms with Crippen LogP contribution in [0.5, 0.6) is 0 Å². The zero-order valence-electron chi connectivity index (χ0n) is 17.6. The van der Waals surface area contributed by atoms with Gasteiger partial charge in [-0.3, -0.25) is 9.10 Å². The molecule has 3 rings (SSSR count). The van der Waals surface area contributed by atoms with Gasteiger partial charge in [-0.05, 0) is 80.3 Å². The lowest BCUT2D eigenvalue weighted by Gasteiger charge is -2.25. The van der Waals surface area contributed by atoms with E-state index in [0.29, 0.717) is 11.4 Å². The van der Waals surface area contributed by atoms with Crippen molar-refractivity contribution < 1.29 is 13.2 Å². The fourth-order valence-electron chi connectivity index (χ4n) is 3.11. The third-order valence-corrected chi connectivity index (χ3v) is 6.85. The normalized spacial score (nSPS) is 11.2. The maximum absolute atomic E-state index is 13.4. The van der Waals surface area contributed by atoms with Crippen LogP contribution in [0.1, 0.15) is 22.3 Å². The van der Waals surface area contributed by atoms with Gasteiger partial charge in [-0.15, -0.1) is 0 Å². The van der Waals surface area contributed by atoms with Gasteiger partial charge in [-0.1, -0.05) is 36.4 Å². The molecule has 0 aromatic heterocycles. The van der Waals surface area contributed by atoms with E-state index in [1.165, 1.54) is 12.1 Å². The van der Waals surface area contributed by atoms with E-state index >= 15 is 0 Å². The van der Waals surface area contributed by atoms with Crippen molar-refractivity contribution in [1.29, 1.82) is 0 Å². The van der Waals surface area contributed by atoms with Crippen molar-refractivity contribution in [2.45, 2.75) is 32.6 Å². The molecule has 0 aliphatic rings. The summed E-state index contributed by atoms with van der Waals surface area (Å²) in [6.45, 7) is 7.39. The van der Waals surface area contributed by atoms with Crippen LogP contribution >= 0.6 is 0 Å². The Hall–Kier alpha value is -3.12. The second-order valence-corrected chi connectivity index (χ2v) is 9.32. The minimum atomic E-state index is -3.92. The van der Waals surface area contributed by atoms with E-state index in [4.69, 9.17) is 0 Å². The third kappa shape index (κ3) is 4.71. The summed E-state index contributed by atoms with van der Waals surface area (Å²) >= 11 is 0. The van der Waals surface area contributed by atoms with Crippen LogP contribution in [0.3, 0.4) is 0 Å². The second-order valence-electron chi connectivity index (χ2n) is 7.46. The third-order valence-electron chi connectivity index (χ3n) is 5.06. The van der Waals surface area contributed by atoms with Crippen LogP contribution in [0.25, 0.3) is 0 Å². The van der Waals surface area contributed by atoms with Gasteiger partial charge in [0, 0.05) is 5.69 Å². The molecule has 0 radical (unpaired) electrons. The first-order valence-corrected chi connectivity index (χ1v) is 11.1. The predicted molar refractivity (Wildman–Crippen MR) is 121 cm³/mol. The molecule has 0 aliphatic carbocycles. The number of carbonyl (C=O) groups excluding carboxylic acids is 1. The summed E-state index contributed by atoms with van der Waals surface area (Å²) < 4.78 is 27.9. The number of carbonyl (C=O) groups is 1. The van der Waals surface area contributed by atoms with Gasteiger partial charge in [0.15, 0.2) is 0 Å². The highest BCUT2D eigenvalue weighted by Crippen LogP contribution is 2.26. The lowest BCUT2D eigenvalue weighted by Crippen LogP contribution is -2.38. The van der Waals surface area contributed by atoms with E-state index < -0.39 is 15.9 Å². The van der Waals surface area contributed by atoms with Gasteiger partial charge in [0.05, 0.1) is 10.6 Å². The zero-order chi connectivity index (χ0) is 21.9. The Morgan fingerprint density at radius 1 is 0.833 bits per heavy atom. The molecule has 0 aliphatic heterocycles. The first kappa shape index (κ1) is 21.6. The minimum Gasteiger partial charge on any atom is -0.324 e.